The summed E-state index contributed by atoms with van der Waals surface area (Å²) in [4.78, 5) is 30.0. The molecule has 0 aliphatic rings. The molecule has 0 radical (unpaired) electrons. The van der Waals surface area contributed by atoms with Crippen molar-refractivity contribution in [3.05, 3.63) is 103 Å². The molecule has 0 aliphatic carbocycles. The lowest BCUT2D eigenvalue weighted by molar-refractivity contribution is 0.209. The minimum absolute atomic E-state index is 0.107. The highest BCUT2D eigenvalue weighted by atomic mass is 35.5. The van der Waals surface area contributed by atoms with Crippen LogP contribution in [0.4, 0.5) is 5.82 Å². The van der Waals surface area contributed by atoms with E-state index in [9.17, 15) is 14.7 Å². The van der Waals surface area contributed by atoms with Gasteiger partial charge in [-0.15, -0.1) is 0 Å². The molecule has 0 atom stereocenters. The summed E-state index contributed by atoms with van der Waals surface area (Å²) in [6.45, 7) is 5.56. The smallest absolute Gasteiger partial charge is 0.332 e. The predicted octanol–water partition coefficient (Wildman–Crippen LogP) is 4.08. The molecular weight excluding hydrogens is 505 g/mol. The lowest BCUT2D eigenvalue weighted by Crippen LogP contribution is -2.41. The zero-order chi connectivity index (χ0) is 26.2. The summed E-state index contributed by atoms with van der Waals surface area (Å²) >= 11 is 12.0. The van der Waals surface area contributed by atoms with Crippen LogP contribution in [0.1, 0.15) is 11.1 Å². The minimum Gasteiger partial charge on any atom is -0.490 e. The SMILES string of the molecule is C=C(Cc1ccc(Cl)cc1)C(=Nc1c(C)c(=O)n(CCO)c(=O)n1C)OCCOc1cccc(Cl)c1. The lowest BCUT2D eigenvalue weighted by Gasteiger charge is -2.16. The molecule has 10 heteroatoms. The van der Waals surface area contributed by atoms with Gasteiger partial charge in [0.2, 0.25) is 5.90 Å². The number of halogens is 2. The summed E-state index contributed by atoms with van der Waals surface area (Å²) in [6.07, 6.45) is 0.403. The van der Waals surface area contributed by atoms with Gasteiger partial charge in [-0.1, -0.05) is 48.0 Å². The van der Waals surface area contributed by atoms with Gasteiger partial charge >= 0.3 is 5.69 Å². The minimum atomic E-state index is -0.592. The maximum atomic E-state index is 12.7. The Hall–Kier alpha value is -3.33. The molecule has 0 saturated heterocycles. The number of aromatic nitrogens is 2. The Bertz CT molecular complexity index is 1340. The van der Waals surface area contributed by atoms with Crippen molar-refractivity contribution in [3.63, 3.8) is 0 Å². The molecule has 0 spiro atoms. The van der Waals surface area contributed by atoms with Crippen molar-refractivity contribution in [2.24, 2.45) is 12.0 Å². The van der Waals surface area contributed by atoms with Crippen LogP contribution in [-0.2, 0) is 24.8 Å². The molecule has 1 heterocycles. The Labute approximate surface area is 218 Å². The first kappa shape index (κ1) is 27.3. The van der Waals surface area contributed by atoms with E-state index in [1.807, 2.05) is 12.1 Å². The van der Waals surface area contributed by atoms with Crippen molar-refractivity contribution in [2.75, 3.05) is 19.8 Å². The van der Waals surface area contributed by atoms with Crippen molar-refractivity contribution in [1.82, 2.24) is 9.13 Å². The molecule has 3 rings (SSSR count). The summed E-state index contributed by atoms with van der Waals surface area (Å²) in [7, 11) is 1.50. The third kappa shape index (κ3) is 6.87. The maximum Gasteiger partial charge on any atom is 0.332 e. The average Bonchev–Trinajstić information content (AvgIpc) is 2.86. The highest BCUT2D eigenvalue weighted by Crippen LogP contribution is 2.19. The number of aliphatic hydroxyl groups excluding tert-OH is 1. The molecule has 1 N–H and O–H groups in total. The second-order valence-corrected chi connectivity index (χ2v) is 8.82. The van der Waals surface area contributed by atoms with Gasteiger partial charge in [0, 0.05) is 29.1 Å². The molecule has 3 aromatic rings. The highest BCUT2D eigenvalue weighted by molar-refractivity contribution is 6.30. The zero-order valence-electron chi connectivity index (χ0n) is 20.0. The summed E-state index contributed by atoms with van der Waals surface area (Å²) in [5.41, 5.74) is 0.579. The van der Waals surface area contributed by atoms with Crippen LogP contribution in [0.25, 0.3) is 0 Å². The van der Waals surface area contributed by atoms with E-state index in [4.69, 9.17) is 32.7 Å². The number of ether oxygens (including phenoxy) is 2. The molecular formula is C26H27Cl2N3O5. The molecule has 8 nitrogen and oxygen atoms in total. The monoisotopic (exact) mass is 531 g/mol. The van der Waals surface area contributed by atoms with Gasteiger partial charge in [-0.2, -0.15) is 4.99 Å². The molecule has 0 unspecified atom stereocenters. The standard InChI is InChI=1S/C26H27Cl2N3O5/c1-17(15-19-7-9-20(27)10-8-19)24(36-14-13-35-22-6-4-5-21(28)16-22)29-23-18(2)25(33)31(11-12-32)26(34)30(23)3/h4-10,16,32H,1,11-15H2,2-3H3. The van der Waals surface area contributed by atoms with E-state index in [0.717, 1.165) is 10.1 Å². The Morgan fingerprint density at radius 3 is 2.47 bits per heavy atom. The van der Waals surface area contributed by atoms with Crippen LogP contribution >= 0.6 is 23.2 Å². The number of rotatable bonds is 10. The first-order valence-electron chi connectivity index (χ1n) is 11.1. The van der Waals surface area contributed by atoms with Crippen molar-refractivity contribution >= 4 is 34.9 Å². The zero-order valence-corrected chi connectivity index (χ0v) is 21.6. The van der Waals surface area contributed by atoms with Gasteiger partial charge in [-0.05, 0) is 42.8 Å². The van der Waals surface area contributed by atoms with Gasteiger partial charge in [0.05, 0.1) is 18.7 Å². The summed E-state index contributed by atoms with van der Waals surface area (Å²) in [6, 6.07) is 14.3. The normalized spacial score (nSPS) is 11.4. The van der Waals surface area contributed by atoms with Crippen molar-refractivity contribution in [2.45, 2.75) is 19.9 Å². The van der Waals surface area contributed by atoms with E-state index in [1.54, 1.807) is 43.3 Å². The molecule has 0 bridgehead atoms. The first-order chi connectivity index (χ1) is 17.2. The average molecular weight is 532 g/mol. The summed E-state index contributed by atoms with van der Waals surface area (Å²) in [5.74, 6) is 0.898. The van der Waals surface area contributed by atoms with Crippen molar-refractivity contribution in [1.29, 1.82) is 0 Å². The third-order valence-electron chi connectivity index (χ3n) is 5.29. The first-order valence-corrected chi connectivity index (χ1v) is 11.9. The van der Waals surface area contributed by atoms with Gasteiger partial charge in [0.25, 0.3) is 5.56 Å². The molecule has 0 aliphatic heterocycles. The summed E-state index contributed by atoms with van der Waals surface area (Å²) < 4.78 is 13.8. The molecule has 0 saturated carbocycles. The number of aliphatic hydroxyl groups is 1. The van der Waals surface area contributed by atoms with Crippen LogP contribution in [0.2, 0.25) is 10.0 Å². The van der Waals surface area contributed by atoms with E-state index in [1.165, 1.54) is 11.6 Å². The number of nitrogens with zero attached hydrogens (tertiary/aromatic N) is 3. The van der Waals surface area contributed by atoms with Gasteiger partial charge < -0.3 is 14.6 Å². The Morgan fingerprint density at radius 1 is 1.08 bits per heavy atom. The van der Waals surface area contributed by atoms with Gasteiger partial charge in [0.15, 0.2) is 0 Å². The second-order valence-electron chi connectivity index (χ2n) is 7.95. The fourth-order valence-corrected chi connectivity index (χ4v) is 3.76. The van der Waals surface area contributed by atoms with Crippen LogP contribution in [-0.4, -0.2) is 40.0 Å². The Kier molecular flexibility index (Phi) is 9.52. The van der Waals surface area contributed by atoms with Crippen LogP contribution in [0.3, 0.4) is 0 Å². The van der Waals surface area contributed by atoms with Gasteiger partial charge in [-0.25, -0.2) is 4.79 Å². The van der Waals surface area contributed by atoms with Crippen LogP contribution in [0, 0.1) is 6.92 Å². The number of benzene rings is 2. The topological polar surface area (TPSA) is 95.1 Å². The molecule has 36 heavy (non-hydrogen) atoms. The van der Waals surface area contributed by atoms with Crippen molar-refractivity contribution in [3.8, 4) is 5.75 Å². The predicted molar refractivity (Wildman–Crippen MR) is 142 cm³/mol. The molecule has 2 aromatic carbocycles. The quantitative estimate of drug-likeness (QED) is 0.241. The second kappa shape index (κ2) is 12.6. The number of aliphatic imine (C=N–C) groups is 1. The van der Waals surface area contributed by atoms with Crippen molar-refractivity contribution < 1.29 is 14.6 Å². The molecule has 1 aromatic heterocycles. The van der Waals surface area contributed by atoms with Gasteiger partial charge in [-0.3, -0.25) is 13.9 Å². The molecule has 0 fully saturated rings. The fraction of sp³-hybridized carbons (Fsp3) is 0.269. The van der Waals surface area contributed by atoms with E-state index >= 15 is 0 Å². The van der Waals surface area contributed by atoms with Gasteiger partial charge in [0.1, 0.15) is 24.8 Å². The largest absolute Gasteiger partial charge is 0.490 e. The third-order valence-corrected chi connectivity index (χ3v) is 5.78. The van der Waals surface area contributed by atoms with Crippen LogP contribution < -0.4 is 16.0 Å². The number of hydrogen-bond donors (Lipinski definition) is 1. The van der Waals surface area contributed by atoms with Crippen LogP contribution in [0.15, 0.2) is 75.3 Å². The highest BCUT2D eigenvalue weighted by Gasteiger charge is 2.16. The Morgan fingerprint density at radius 2 is 1.81 bits per heavy atom. The van der Waals surface area contributed by atoms with E-state index < -0.39 is 11.2 Å². The Balaban J connectivity index is 1.90. The number of hydrogen-bond acceptors (Lipinski definition) is 6. The van der Waals surface area contributed by atoms with E-state index in [-0.39, 0.29) is 43.6 Å². The lowest BCUT2D eigenvalue weighted by atomic mass is 10.1. The maximum absolute atomic E-state index is 12.7. The van der Waals surface area contributed by atoms with E-state index in [0.29, 0.717) is 27.8 Å². The summed E-state index contributed by atoms with van der Waals surface area (Å²) in [5, 5.41) is 10.4. The van der Waals surface area contributed by atoms with Crippen LogP contribution in [0.5, 0.6) is 5.75 Å². The molecule has 0 amide bonds. The van der Waals surface area contributed by atoms with E-state index in [2.05, 4.69) is 11.6 Å². The fourth-order valence-electron chi connectivity index (χ4n) is 3.45. The molecule has 190 valence electrons.